The summed E-state index contributed by atoms with van der Waals surface area (Å²) in [7, 11) is 4.94. The van der Waals surface area contributed by atoms with Crippen molar-refractivity contribution in [3.05, 3.63) is 42.2 Å². The van der Waals surface area contributed by atoms with E-state index in [1.807, 2.05) is 30.6 Å². The highest BCUT2D eigenvalue weighted by Crippen LogP contribution is 2.40. The molecule has 1 fully saturated rings. The van der Waals surface area contributed by atoms with E-state index in [1.165, 1.54) is 5.69 Å². The van der Waals surface area contributed by atoms with Gasteiger partial charge in [0.15, 0.2) is 11.5 Å². The quantitative estimate of drug-likeness (QED) is 0.497. The van der Waals surface area contributed by atoms with Crippen LogP contribution in [0.25, 0.3) is 0 Å². The lowest BCUT2D eigenvalue weighted by molar-refractivity contribution is -0.193. The van der Waals surface area contributed by atoms with E-state index >= 15 is 0 Å². The Morgan fingerprint density at radius 2 is 1.36 bits per heavy atom. The Hall–Kier alpha value is -3.95. The van der Waals surface area contributed by atoms with Gasteiger partial charge in [-0.05, 0) is 18.2 Å². The molecule has 0 unspecified atom stereocenters. The number of carboxylic acids is 2. The molecular weight excluding hydrogens is 544 g/mol. The fourth-order valence-corrected chi connectivity index (χ4v) is 3.23. The molecule has 1 aromatic heterocycles. The van der Waals surface area contributed by atoms with Crippen LogP contribution in [0.5, 0.6) is 17.2 Å². The average molecular weight is 571 g/mol. The molecule has 3 rings (SSSR count). The number of alkyl halides is 6. The van der Waals surface area contributed by atoms with Gasteiger partial charge in [0.25, 0.3) is 0 Å². The van der Waals surface area contributed by atoms with Gasteiger partial charge in [-0.3, -0.25) is 9.88 Å². The number of hydrogen-bond donors (Lipinski definition) is 2. The molecule has 39 heavy (non-hydrogen) atoms. The SMILES string of the molecule is COc1ccc(CN2CCN(c3cccnc3)CC2)c(OC)c1OC.O=C(O)C(F)(F)F.O=C(O)C(F)(F)F. The van der Waals surface area contributed by atoms with Crippen molar-refractivity contribution in [1.82, 2.24) is 9.88 Å². The minimum atomic E-state index is -5.08. The zero-order valence-corrected chi connectivity index (χ0v) is 21.0. The lowest BCUT2D eigenvalue weighted by Crippen LogP contribution is -2.46. The molecule has 0 spiro atoms. The van der Waals surface area contributed by atoms with Crippen molar-refractivity contribution in [2.24, 2.45) is 0 Å². The molecule has 0 aliphatic carbocycles. The van der Waals surface area contributed by atoms with Gasteiger partial charge >= 0.3 is 24.3 Å². The molecule has 218 valence electrons. The monoisotopic (exact) mass is 571 g/mol. The van der Waals surface area contributed by atoms with Gasteiger partial charge in [-0.15, -0.1) is 0 Å². The van der Waals surface area contributed by atoms with Crippen LogP contribution in [0.4, 0.5) is 32.0 Å². The van der Waals surface area contributed by atoms with Gasteiger partial charge in [0.2, 0.25) is 5.75 Å². The summed E-state index contributed by atoms with van der Waals surface area (Å²) >= 11 is 0. The molecule has 2 N–H and O–H groups in total. The van der Waals surface area contributed by atoms with E-state index < -0.39 is 24.3 Å². The van der Waals surface area contributed by atoms with Crippen LogP contribution in [0.3, 0.4) is 0 Å². The normalized spacial score (nSPS) is 13.7. The number of pyridine rings is 1. The topological polar surface area (TPSA) is 122 Å². The van der Waals surface area contributed by atoms with Gasteiger partial charge in [-0.2, -0.15) is 26.3 Å². The number of nitrogens with zero attached hydrogens (tertiary/aromatic N) is 3. The number of hydrogen-bond acceptors (Lipinski definition) is 8. The Morgan fingerprint density at radius 1 is 0.846 bits per heavy atom. The molecular formula is C23H27F6N3O7. The lowest BCUT2D eigenvalue weighted by Gasteiger charge is -2.36. The number of aliphatic carboxylic acids is 2. The second kappa shape index (κ2) is 14.8. The molecule has 16 heteroatoms. The molecule has 0 amide bonds. The van der Waals surface area contributed by atoms with Crippen molar-refractivity contribution in [3.63, 3.8) is 0 Å². The van der Waals surface area contributed by atoms with Crippen molar-refractivity contribution in [2.75, 3.05) is 52.4 Å². The molecule has 1 saturated heterocycles. The zero-order valence-electron chi connectivity index (χ0n) is 21.0. The zero-order chi connectivity index (χ0) is 29.8. The Labute approximate surface area is 219 Å². The van der Waals surface area contributed by atoms with Crippen LogP contribution >= 0.6 is 0 Å². The highest BCUT2D eigenvalue weighted by atomic mass is 19.4. The first-order chi connectivity index (χ1) is 18.1. The number of halogens is 6. The van der Waals surface area contributed by atoms with Crippen molar-refractivity contribution in [2.45, 2.75) is 18.9 Å². The first-order valence-corrected chi connectivity index (χ1v) is 10.9. The second-order valence-corrected chi connectivity index (χ2v) is 7.57. The first kappa shape index (κ1) is 33.1. The van der Waals surface area contributed by atoms with Crippen LogP contribution < -0.4 is 19.1 Å². The van der Waals surface area contributed by atoms with Crippen LogP contribution in [0, 0.1) is 0 Å². The van der Waals surface area contributed by atoms with Gasteiger partial charge in [0.05, 0.1) is 33.2 Å². The number of carbonyl (C=O) groups is 2. The maximum atomic E-state index is 10.6. The fourth-order valence-electron chi connectivity index (χ4n) is 3.23. The summed E-state index contributed by atoms with van der Waals surface area (Å²) in [5.74, 6) is -3.43. The van der Waals surface area contributed by atoms with E-state index in [0.717, 1.165) is 44.0 Å². The summed E-state index contributed by atoms with van der Waals surface area (Å²) in [5.41, 5.74) is 2.29. The molecule has 2 aromatic rings. The highest BCUT2D eigenvalue weighted by molar-refractivity contribution is 5.73. The first-order valence-electron chi connectivity index (χ1n) is 10.9. The van der Waals surface area contributed by atoms with Gasteiger partial charge in [0, 0.05) is 44.5 Å². The molecule has 2 heterocycles. The fraction of sp³-hybridized carbons (Fsp3) is 0.435. The Kier molecular flexibility index (Phi) is 12.6. The van der Waals surface area contributed by atoms with E-state index in [2.05, 4.69) is 20.9 Å². The molecule has 0 bridgehead atoms. The standard InChI is InChI=1S/C19H25N3O3.2C2HF3O2/c1-23-17-7-6-15(18(24-2)19(17)25-3)14-21-9-11-22(12-10-21)16-5-4-8-20-13-16;2*3-2(4,5)1(6)7/h4-8,13H,9-12,14H2,1-3H3;2*(H,6,7). The van der Waals surface area contributed by atoms with Crippen molar-refractivity contribution < 1.29 is 60.4 Å². The Bertz CT molecular complexity index is 1040. The number of anilines is 1. The minimum absolute atomic E-state index is 0.650. The summed E-state index contributed by atoms with van der Waals surface area (Å²) in [6.07, 6.45) is -6.43. The van der Waals surface area contributed by atoms with E-state index in [-0.39, 0.29) is 0 Å². The average Bonchev–Trinajstić information content (AvgIpc) is 2.89. The van der Waals surface area contributed by atoms with Crippen molar-refractivity contribution in [1.29, 1.82) is 0 Å². The highest BCUT2D eigenvalue weighted by Gasteiger charge is 2.38. The maximum absolute atomic E-state index is 10.6. The number of benzene rings is 1. The van der Waals surface area contributed by atoms with Gasteiger partial charge in [0.1, 0.15) is 0 Å². The number of methoxy groups -OCH3 is 3. The molecule has 1 aliphatic heterocycles. The number of aromatic nitrogens is 1. The van der Waals surface area contributed by atoms with E-state index in [1.54, 1.807) is 21.3 Å². The maximum Gasteiger partial charge on any atom is 0.490 e. The largest absolute Gasteiger partial charge is 0.493 e. The third-order valence-electron chi connectivity index (χ3n) is 5.05. The second-order valence-electron chi connectivity index (χ2n) is 7.57. The summed E-state index contributed by atoms with van der Waals surface area (Å²) in [4.78, 5) is 26.8. The smallest absolute Gasteiger partial charge is 0.490 e. The predicted molar refractivity (Wildman–Crippen MR) is 125 cm³/mol. The van der Waals surface area contributed by atoms with Crippen LogP contribution in [-0.2, 0) is 16.1 Å². The van der Waals surface area contributed by atoms with E-state index in [4.69, 9.17) is 34.0 Å². The van der Waals surface area contributed by atoms with Crippen LogP contribution in [0.15, 0.2) is 36.7 Å². The summed E-state index contributed by atoms with van der Waals surface area (Å²) in [6.45, 7) is 4.78. The van der Waals surface area contributed by atoms with Gasteiger partial charge < -0.3 is 29.3 Å². The lowest BCUT2D eigenvalue weighted by atomic mass is 10.1. The van der Waals surface area contributed by atoms with Gasteiger partial charge in [-0.1, -0.05) is 6.07 Å². The molecule has 0 saturated carbocycles. The number of piperazine rings is 1. The molecule has 0 atom stereocenters. The van der Waals surface area contributed by atoms with Gasteiger partial charge in [-0.25, -0.2) is 9.59 Å². The number of ether oxygens (including phenoxy) is 3. The predicted octanol–water partition coefficient (Wildman–Crippen LogP) is 3.70. The Balaban J connectivity index is 0.000000449. The number of rotatable bonds is 6. The van der Waals surface area contributed by atoms with E-state index in [9.17, 15) is 26.3 Å². The van der Waals surface area contributed by atoms with Crippen LogP contribution in [0.1, 0.15) is 5.56 Å². The molecule has 0 radical (unpaired) electrons. The molecule has 1 aliphatic rings. The number of carboxylic acid groups (broad SMARTS) is 2. The summed E-state index contributed by atoms with van der Waals surface area (Å²) < 4.78 is 79.9. The summed E-state index contributed by atoms with van der Waals surface area (Å²) in [6, 6.07) is 8.08. The van der Waals surface area contributed by atoms with Crippen LogP contribution in [0.2, 0.25) is 0 Å². The summed E-state index contributed by atoms with van der Waals surface area (Å²) in [5, 5.41) is 14.2. The molecule has 10 nitrogen and oxygen atoms in total. The molecule has 1 aromatic carbocycles. The van der Waals surface area contributed by atoms with E-state index in [0.29, 0.717) is 11.5 Å². The van der Waals surface area contributed by atoms with Crippen molar-refractivity contribution >= 4 is 17.6 Å². The minimum Gasteiger partial charge on any atom is -0.493 e. The third kappa shape index (κ3) is 10.7. The Morgan fingerprint density at radius 3 is 1.74 bits per heavy atom. The van der Waals surface area contributed by atoms with Crippen molar-refractivity contribution in [3.8, 4) is 17.2 Å². The third-order valence-corrected chi connectivity index (χ3v) is 5.05. The van der Waals surface area contributed by atoms with Crippen LogP contribution in [-0.4, -0.2) is 91.9 Å².